The Bertz CT molecular complexity index is 1030. The Labute approximate surface area is 378 Å². The van der Waals surface area contributed by atoms with Crippen LogP contribution in [0.15, 0.2) is 36.5 Å². The van der Waals surface area contributed by atoms with E-state index in [0.29, 0.717) is 19.3 Å². The zero-order chi connectivity index (χ0) is 44.4. The molecule has 356 valence electrons. The molecular formula is C55H100O6. The van der Waals surface area contributed by atoms with Crippen molar-refractivity contribution in [1.82, 2.24) is 0 Å². The molecule has 6 heteroatoms. The molecule has 0 heterocycles. The minimum Gasteiger partial charge on any atom is -0.462 e. The van der Waals surface area contributed by atoms with Gasteiger partial charge in [0.15, 0.2) is 6.10 Å². The molecule has 0 rings (SSSR count). The van der Waals surface area contributed by atoms with Crippen molar-refractivity contribution in [3.8, 4) is 0 Å². The fourth-order valence-electron chi connectivity index (χ4n) is 7.57. The van der Waals surface area contributed by atoms with Crippen LogP contribution in [-0.4, -0.2) is 37.2 Å². The lowest BCUT2D eigenvalue weighted by Gasteiger charge is -2.18. The molecule has 0 bridgehead atoms. The molecule has 0 amide bonds. The summed E-state index contributed by atoms with van der Waals surface area (Å²) in [6.07, 6.45) is 58.6. The second-order valence-corrected chi connectivity index (χ2v) is 17.8. The van der Waals surface area contributed by atoms with Gasteiger partial charge < -0.3 is 14.2 Å². The molecule has 0 aromatic rings. The number of carbonyl (C=O) groups excluding carboxylic acids is 3. The highest BCUT2D eigenvalue weighted by Crippen LogP contribution is 2.15. The highest BCUT2D eigenvalue weighted by Gasteiger charge is 2.19. The summed E-state index contributed by atoms with van der Waals surface area (Å²) >= 11 is 0. The smallest absolute Gasteiger partial charge is 0.306 e. The minimum atomic E-state index is -0.775. The van der Waals surface area contributed by atoms with Gasteiger partial charge in [0, 0.05) is 19.3 Å². The topological polar surface area (TPSA) is 78.9 Å². The van der Waals surface area contributed by atoms with Crippen LogP contribution in [-0.2, 0) is 28.6 Å². The molecule has 0 spiro atoms. The van der Waals surface area contributed by atoms with Gasteiger partial charge >= 0.3 is 17.9 Å². The van der Waals surface area contributed by atoms with Gasteiger partial charge in [0.05, 0.1) is 0 Å². The predicted octanol–water partition coefficient (Wildman–Crippen LogP) is 17.3. The fourth-order valence-corrected chi connectivity index (χ4v) is 7.57. The molecule has 0 saturated carbocycles. The van der Waals surface area contributed by atoms with E-state index in [4.69, 9.17) is 14.2 Å². The van der Waals surface area contributed by atoms with E-state index in [9.17, 15) is 14.4 Å². The summed E-state index contributed by atoms with van der Waals surface area (Å²) in [5.74, 6) is -0.888. The highest BCUT2D eigenvalue weighted by atomic mass is 16.6. The molecule has 0 radical (unpaired) electrons. The third kappa shape index (κ3) is 48.5. The number of rotatable bonds is 48. The zero-order valence-corrected chi connectivity index (χ0v) is 40.7. The number of hydrogen-bond acceptors (Lipinski definition) is 6. The lowest BCUT2D eigenvalue weighted by atomic mass is 10.1. The van der Waals surface area contributed by atoms with Crippen LogP contribution >= 0.6 is 0 Å². The summed E-state index contributed by atoms with van der Waals surface area (Å²) < 4.78 is 16.7. The average molecular weight is 857 g/mol. The molecule has 0 aliphatic rings. The molecule has 0 aromatic heterocycles. The van der Waals surface area contributed by atoms with Gasteiger partial charge in [-0.2, -0.15) is 0 Å². The normalized spacial score (nSPS) is 12.2. The van der Waals surface area contributed by atoms with Gasteiger partial charge in [-0.25, -0.2) is 0 Å². The maximum atomic E-state index is 12.8. The van der Waals surface area contributed by atoms with E-state index in [0.717, 1.165) is 83.5 Å². The quantitative estimate of drug-likeness (QED) is 0.0262. The second-order valence-electron chi connectivity index (χ2n) is 17.8. The Morgan fingerprint density at radius 2 is 0.607 bits per heavy atom. The standard InChI is InChI=1S/C55H100O6/c1-4-7-10-13-16-19-21-23-25-26-27-28-29-30-31-33-34-36-39-42-45-48-54(57)60-51-52(50-59-53(56)47-44-41-38-18-15-12-9-6-3)61-55(58)49-46-43-40-37-35-32-24-22-20-17-14-11-8-5-2/h14,17,22,24,26-27,52H,4-13,15-16,18-21,23,25,28-51H2,1-3H3/b17-14-,24-22-,27-26-. The Morgan fingerprint density at radius 3 is 0.967 bits per heavy atom. The van der Waals surface area contributed by atoms with Gasteiger partial charge in [0.2, 0.25) is 0 Å². The lowest BCUT2D eigenvalue weighted by Crippen LogP contribution is -2.30. The zero-order valence-electron chi connectivity index (χ0n) is 40.7. The van der Waals surface area contributed by atoms with E-state index in [-0.39, 0.29) is 31.1 Å². The van der Waals surface area contributed by atoms with Crippen LogP contribution in [0.3, 0.4) is 0 Å². The van der Waals surface area contributed by atoms with Gasteiger partial charge in [0.1, 0.15) is 13.2 Å². The van der Waals surface area contributed by atoms with Gasteiger partial charge in [-0.05, 0) is 70.6 Å². The first kappa shape index (κ1) is 58.6. The average Bonchev–Trinajstić information content (AvgIpc) is 3.26. The van der Waals surface area contributed by atoms with Crippen molar-refractivity contribution in [2.75, 3.05) is 13.2 Å². The maximum Gasteiger partial charge on any atom is 0.306 e. The van der Waals surface area contributed by atoms with E-state index in [1.807, 2.05) is 0 Å². The molecular weight excluding hydrogens is 757 g/mol. The molecule has 0 N–H and O–H groups in total. The number of esters is 3. The molecule has 61 heavy (non-hydrogen) atoms. The summed E-state index contributed by atoms with van der Waals surface area (Å²) in [4.78, 5) is 37.8. The third-order valence-electron chi connectivity index (χ3n) is 11.6. The predicted molar refractivity (Wildman–Crippen MR) is 261 cm³/mol. The van der Waals surface area contributed by atoms with Crippen LogP contribution < -0.4 is 0 Å². The van der Waals surface area contributed by atoms with E-state index in [2.05, 4.69) is 57.2 Å². The summed E-state index contributed by atoms with van der Waals surface area (Å²) in [6, 6.07) is 0. The molecule has 0 aromatic carbocycles. The van der Waals surface area contributed by atoms with E-state index in [1.165, 1.54) is 154 Å². The van der Waals surface area contributed by atoms with Crippen LogP contribution in [0.1, 0.15) is 278 Å². The van der Waals surface area contributed by atoms with Crippen LogP contribution in [0.5, 0.6) is 0 Å². The van der Waals surface area contributed by atoms with Crippen molar-refractivity contribution in [1.29, 1.82) is 0 Å². The Morgan fingerprint density at radius 1 is 0.328 bits per heavy atom. The van der Waals surface area contributed by atoms with Gasteiger partial charge in [-0.15, -0.1) is 0 Å². The van der Waals surface area contributed by atoms with Crippen LogP contribution in [0.4, 0.5) is 0 Å². The Balaban J connectivity index is 4.23. The number of carbonyl (C=O) groups is 3. The van der Waals surface area contributed by atoms with E-state index >= 15 is 0 Å². The monoisotopic (exact) mass is 857 g/mol. The molecule has 0 saturated heterocycles. The first-order chi connectivity index (χ1) is 30.0. The summed E-state index contributed by atoms with van der Waals surface area (Å²) in [7, 11) is 0. The lowest BCUT2D eigenvalue weighted by molar-refractivity contribution is -0.167. The molecule has 1 atom stereocenters. The van der Waals surface area contributed by atoms with Crippen LogP contribution in [0, 0.1) is 0 Å². The van der Waals surface area contributed by atoms with Crippen LogP contribution in [0.2, 0.25) is 0 Å². The van der Waals surface area contributed by atoms with E-state index in [1.54, 1.807) is 0 Å². The number of unbranched alkanes of at least 4 members (excludes halogenated alkanes) is 31. The van der Waals surface area contributed by atoms with Crippen molar-refractivity contribution in [3.05, 3.63) is 36.5 Å². The Kier molecular flexibility index (Phi) is 48.3. The van der Waals surface area contributed by atoms with Crippen molar-refractivity contribution in [2.24, 2.45) is 0 Å². The van der Waals surface area contributed by atoms with Crippen molar-refractivity contribution in [2.45, 2.75) is 284 Å². The first-order valence-corrected chi connectivity index (χ1v) is 26.5. The Hall–Kier alpha value is -2.37. The summed E-state index contributed by atoms with van der Waals surface area (Å²) in [5, 5.41) is 0. The van der Waals surface area contributed by atoms with Crippen LogP contribution in [0.25, 0.3) is 0 Å². The summed E-state index contributed by atoms with van der Waals surface area (Å²) in [6.45, 7) is 6.57. The summed E-state index contributed by atoms with van der Waals surface area (Å²) in [5.41, 5.74) is 0. The number of hydrogen-bond donors (Lipinski definition) is 0. The minimum absolute atomic E-state index is 0.0764. The fraction of sp³-hybridized carbons (Fsp3) is 0.836. The highest BCUT2D eigenvalue weighted by molar-refractivity contribution is 5.71. The van der Waals surface area contributed by atoms with E-state index < -0.39 is 6.10 Å². The second kappa shape index (κ2) is 50.3. The molecule has 0 fully saturated rings. The van der Waals surface area contributed by atoms with Gasteiger partial charge in [0.25, 0.3) is 0 Å². The van der Waals surface area contributed by atoms with Crippen molar-refractivity contribution >= 4 is 17.9 Å². The maximum absolute atomic E-state index is 12.8. The van der Waals surface area contributed by atoms with Crippen molar-refractivity contribution < 1.29 is 28.6 Å². The molecule has 0 aliphatic heterocycles. The van der Waals surface area contributed by atoms with Crippen molar-refractivity contribution in [3.63, 3.8) is 0 Å². The SMILES string of the molecule is CCCC/C=C\C/C=C\CCCCCCCC(=O)OC(COC(=O)CCCCCCCCCC)COC(=O)CCCCCCCCCCC/C=C\CCCCCCCCCC. The molecule has 0 aliphatic carbocycles. The van der Waals surface area contributed by atoms with Gasteiger partial charge in [-0.1, -0.05) is 224 Å². The third-order valence-corrected chi connectivity index (χ3v) is 11.6. The van der Waals surface area contributed by atoms with Gasteiger partial charge in [-0.3, -0.25) is 14.4 Å². The largest absolute Gasteiger partial charge is 0.462 e. The molecule has 6 nitrogen and oxygen atoms in total. The first-order valence-electron chi connectivity index (χ1n) is 26.5. The molecule has 1 unspecified atom stereocenters. The number of allylic oxidation sites excluding steroid dienone is 6. The number of ether oxygens (including phenoxy) is 3.